The van der Waals surface area contributed by atoms with E-state index >= 15 is 0 Å². The molecule has 6 heteroatoms. The zero-order valence-electron chi connectivity index (χ0n) is 17.1. The van der Waals surface area contributed by atoms with Crippen molar-refractivity contribution in [2.24, 2.45) is 5.92 Å². The third-order valence-corrected chi connectivity index (χ3v) is 5.06. The first-order valence-corrected chi connectivity index (χ1v) is 10.1. The van der Waals surface area contributed by atoms with Gasteiger partial charge in [0.2, 0.25) is 11.8 Å². The lowest BCUT2D eigenvalue weighted by atomic mass is 10.0. The maximum absolute atomic E-state index is 13.0. The van der Waals surface area contributed by atoms with E-state index in [0.717, 1.165) is 19.3 Å². The van der Waals surface area contributed by atoms with Crippen molar-refractivity contribution in [1.82, 2.24) is 10.2 Å². The summed E-state index contributed by atoms with van der Waals surface area (Å²) in [6.45, 7) is 4.56. The zero-order chi connectivity index (χ0) is 20.5. The lowest BCUT2D eigenvalue weighted by molar-refractivity contribution is -0.152. The highest BCUT2D eigenvalue weighted by Gasteiger charge is 2.38. The summed E-state index contributed by atoms with van der Waals surface area (Å²) in [4.78, 5) is 39.0. The van der Waals surface area contributed by atoms with Gasteiger partial charge in [-0.25, -0.2) is 4.79 Å². The molecule has 0 spiro atoms. The summed E-state index contributed by atoms with van der Waals surface area (Å²) in [5.41, 5.74) is 1.20. The fourth-order valence-electron chi connectivity index (χ4n) is 3.67. The second-order valence-corrected chi connectivity index (χ2v) is 7.80. The minimum Gasteiger partial charge on any atom is -0.467 e. The number of esters is 1. The molecule has 2 atom stereocenters. The molecule has 0 unspecified atom stereocenters. The van der Waals surface area contributed by atoms with Gasteiger partial charge in [0, 0.05) is 13.0 Å². The van der Waals surface area contributed by atoms with Gasteiger partial charge in [0.05, 0.1) is 7.11 Å². The Morgan fingerprint density at radius 2 is 1.93 bits per heavy atom. The highest BCUT2D eigenvalue weighted by molar-refractivity contribution is 5.91. The molecule has 0 aliphatic carbocycles. The van der Waals surface area contributed by atoms with Crippen LogP contribution in [0.15, 0.2) is 30.3 Å². The van der Waals surface area contributed by atoms with Crippen molar-refractivity contribution in [3.05, 3.63) is 35.9 Å². The van der Waals surface area contributed by atoms with Crippen molar-refractivity contribution in [2.75, 3.05) is 13.7 Å². The third kappa shape index (κ3) is 6.36. The SMILES string of the molecule is COC(=O)[C@@H]1CCCN1C(=O)[C@H](CC(C)C)NC(=O)CCCc1ccccc1. The number of nitrogens with one attached hydrogen (secondary N) is 1. The summed E-state index contributed by atoms with van der Waals surface area (Å²) >= 11 is 0. The number of ether oxygens (including phenoxy) is 1. The molecule has 1 fully saturated rings. The van der Waals surface area contributed by atoms with Crippen molar-refractivity contribution < 1.29 is 19.1 Å². The molecule has 2 amide bonds. The molecule has 0 radical (unpaired) electrons. The highest BCUT2D eigenvalue weighted by atomic mass is 16.5. The van der Waals surface area contributed by atoms with Gasteiger partial charge < -0.3 is 15.0 Å². The molecule has 0 aromatic heterocycles. The number of nitrogens with zero attached hydrogens (tertiary/aromatic N) is 1. The van der Waals surface area contributed by atoms with Crippen LogP contribution < -0.4 is 5.32 Å². The van der Waals surface area contributed by atoms with E-state index in [-0.39, 0.29) is 23.7 Å². The van der Waals surface area contributed by atoms with Crippen molar-refractivity contribution in [2.45, 2.75) is 64.5 Å². The standard InChI is InChI=1S/C22H32N2O4/c1-16(2)15-18(21(26)24-14-8-12-19(24)22(27)28-3)23-20(25)13-7-11-17-9-5-4-6-10-17/h4-6,9-10,16,18-19H,7-8,11-15H2,1-3H3,(H,23,25)/t18-,19-/m0/s1. The van der Waals surface area contributed by atoms with Gasteiger partial charge in [-0.1, -0.05) is 44.2 Å². The Labute approximate surface area is 167 Å². The van der Waals surface area contributed by atoms with Crippen molar-refractivity contribution in [3.8, 4) is 0 Å². The Balaban J connectivity index is 1.93. The summed E-state index contributed by atoms with van der Waals surface area (Å²) in [5.74, 6) is -0.442. The maximum Gasteiger partial charge on any atom is 0.328 e. The number of methoxy groups -OCH3 is 1. The topological polar surface area (TPSA) is 75.7 Å². The van der Waals surface area contributed by atoms with Gasteiger partial charge in [0.15, 0.2) is 0 Å². The quantitative estimate of drug-likeness (QED) is 0.660. The molecular formula is C22H32N2O4. The van der Waals surface area contributed by atoms with E-state index in [2.05, 4.69) is 5.32 Å². The number of hydrogen-bond acceptors (Lipinski definition) is 4. The predicted octanol–water partition coefficient (Wildman–Crippen LogP) is 2.70. The second kappa shape index (κ2) is 10.8. The van der Waals surface area contributed by atoms with Gasteiger partial charge in [-0.3, -0.25) is 9.59 Å². The molecule has 28 heavy (non-hydrogen) atoms. The minimum absolute atomic E-state index is 0.122. The van der Waals surface area contributed by atoms with Crippen molar-refractivity contribution >= 4 is 17.8 Å². The molecule has 1 aromatic rings. The van der Waals surface area contributed by atoms with Crippen molar-refractivity contribution in [3.63, 3.8) is 0 Å². The first-order valence-electron chi connectivity index (χ1n) is 10.1. The van der Waals surface area contributed by atoms with Gasteiger partial charge in [-0.05, 0) is 43.6 Å². The monoisotopic (exact) mass is 388 g/mol. The van der Waals surface area contributed by atoms with E-state index in [4.69, 9.17) is 4.74 Å². The lowest BCUT2D eigenvalue weighted by Gasteiger charge is -2.28. The highest BCUT2D eigenvalue weighted by Crippen LogP contribution is 2.21. The van der Waals surface area contributed by atoms with Gasteiger partial charge in [0.25, 0.3) is 0 Å². The number of amides is 2. The average molecular weight is 389 g/mol. The molecule has 0 bridgehead atoms. The summed E-state index contributed by atoms with van der Waals surface area (Å²) < 4.78 is 4.83. The van der Waals surface area contributed by atoms with Crippen LogP contribution in [0.1, 0.15) is 51.5 Å². The Morgan fingerprint density at radius 3 is 2.57 bits per heavy atom. The summed E-state index contributed by atoms with van der Waals surface area (Å²) in [6.07, 6.45) is 3.86. The first-order chi connectivity index (χ1) is 13.4. The van der Waals surface area contributed by atoms with Crippen LogP contribution in [-0.2, 0) is 25.5 Å². The minimum atomic E-state index is -0.602. The number of carbonyl (C=O) groups is 3. The van der Waals surface area contributed by atoms with E-state index < -0.39 is 12.1 Å². The van der Waals surface area contributed by atoms with Crippen LogP contribution >= 0.6 is 0 Å². The van der Waals surface area contributed by atoms with Crippen molar-refractivity contribution in [1.29, 1.82) is 0 Å². The van der Waals surface area contributed by atoms with Crippen LogP contribution in [0, 0.1) is 5.92 Å². The second-order valence-electron chi connectivity index (χ2n) is 7.80. The molecule has 1 aliphatic heterocycles. The summed E-state index contributed by atoms with van der Waals surface area (Å²) in [5, 5.41) is 2.91. The molecule has 1 heterocycles. The molecule has 1 aliphatic rings. The lowest BCUT2D eigenvalue weighted by Crippen LogP contribution is -2.52. The fourth-order valence-corrected chi connectivity index (χ4v) is 3.67. The molecule has 2 rings (SSSR count). The van der Waals surface area contributed by atoms with E-state index in [0.29, 0.717) is 25.8 Å². The van der Waals surface area contributed by atoms with Gasteiger partial charge in [-0.2, -0.15) is 0 Å². The zero-order valence-corrected chi connectivity index (χ0v) is 17.1. The Kier molecular flexibility index (Phi) is 8.48. The number of aryl methyl sites for hydroxylation is 1. The van der Waals surface area contributed by atoms with Crippen LogP contribution in [0.5, 0.6) is 0 Å². The van der Waals surface area contributed by atoms with Crippen LogP contribution in [0.3, 0.4) is 0 Å². The Bertz CT molecular complexity index is 660. The summed E-state index contributed by atoms with van der Waals surface area (Å²) in [7, 11) is 1.34. The van der Waals surface area contributed by atoms with Gasteiger partial charge in [-0.15, -0.1) is 0 Å². The molecule has 1 aromatic carbocycles. The van der Waals surface area contributed by atoms with Crippen LogP contribution in [0.25, 0.3) is 0 Å². The molecule has 1 saturated heterocycles. The fraction of sp³-hybridized carbons (Fsp3) is 0.591. The van der Waals surface area contributed by atoms with Crippen LogP contribution in [-0.4, -0.2) is 48.4 Å². The largest absolute Gasteiger partial charge is 0.467 e. The van der Waals surface area contributed by atoms with Gasteiger partial charge >= 0.3 is 5.97 Å². The Morgan fingerprint density at radius 1 is 1.21 bits per heavy atom. The van der Waals surface area contributed by atoms with E-state index in [1.807, 2.05) is 44.2 Å². The predicted molar refractivity (Wildman–Crippen MR) is 108 cm³/mol. The number of likely N-dealkylation sites (tertiary alicyclic amines) is 1. The molecule has 154 valence electrons. The van der Waals surface area contributed by atoms with E-state index in [9.17, 15) is 14.4 Å². The summed E-state index contributed by atoms with van der Waals surface area (Å²) in [6, 6.07) is 8.89. The van der Waals surface area contributed by atoms with E-state index in [1.54, 1.807) is 4.90 Å². The van der Waals surface area contributed by atoms with Crippen LogP contribution in [0.2, 0.25) is 0 Å². The Hall–Kier alpha value is -2.37. The number of hydrogen-bond donors (Lipinski definition) is 1. The van der Waals surface area contributed by atoms with Crippen LogP contribution in [0.4, 0.5) is 0 Å². The molecule has 1 N–H and O–H groups in total. The average Bonchev–Trinajstić information content (AvgIpc) is 3.16. The number of carbonyl (C=O) groups excluding carboxylic acids is 3. The van der Waals surface area contributed by atoms with E-state index in [1.165, 1.54) is 12.7 Å². The molecule has 6 nitrogen and oxygen atoms in total. The normalized spacial score (nSPS) is 17.4. The third-order valence-electron chi connectivity index (χ3n) is 5.06. The molecule has 0 saturated carbocycles. The maximum atomic E-state index is 13.0. The van der Waals surface area contributed by atoms with Gasteiger partial charge in [0.1, 0.15) is 12.1 Å². The molecular weight excluding hydrogens is 356 g/mol. The number of rotatable bonds is 9. The first kappa shape index (κ1) is 21.9. The smallest absolute Gasteiger partial charge is 0.328 e. The number of benzene rings is 1.